The Bertz CT molecular complexity index is 1380. The van der Waals surface area contributed by atoms with Crippen LogP contribution in [0.2, 0.25) is 0 Å². The third-order valence-corrected chi connectivity index (χ3v) is 7.24. The summed E-state index contributed by atoms with van der Waals surface area (Å²) in [6.07, 6.45) is 0. The average molecular weight is 853 g/mol. The van der Waals surface area contributed by atoms with E-state index in [2.05, 4.69) is 14.2 Å². The molecule has 2 rings (SSSR count). The molecule has 2 aliphatic heterocycles. The third kappa shape index (κ3) is 29.8. The fourth-order valence-corrected chi connectivity index (χ4v) is 4.99. The highest BCUT2D eigenvalue weighted by Crippen LogP contribution is 2.04. The van der Waals surface area contributed by atoms with Crippen molar-refractivity contribution in [3.05, 3.63) is 0 Å². The Labute approximate surface area is 335 Å². The number of hydrogen-bond donors (Lipinski definition) is 6. The molecule has 0 saturated carbocycles. The zero-order valence-electron chi connectivity index (χ0n) is 32.2. The summed E-state index contributed by atoms with van der Waals surface area (Å²) < 4.78 is 12.8. The minimum atomic E-state index is -1.24. The molecule has 2 heterocycles. The first-order valence-corrected chi connectivity index (χ1v) is 17.2. The van der Waals surface area contributed by atoms with Crippen LogP contribution >= 0.6 is 0 Å². The second-order valence-electron chi connectivity index (χ2n) is 12.5. The van der Waals surface area contributed by atoms with E-state index in [9.17, 15) is 57.5 Å². The van der Waals surface area contributed by atoms with E-state index in [4.69, 9.17) is 30.6 Å². The number of carbonyl (C=O) groups is 12. The first-order chi connectivity index (χ1) is 27.4. The lowest BCUT2D eigenvalue weighted by Crippen LogP contribution is -2.49. The predicted octanol–water partition coefficient (Wildman–Crippen LogP) is -5.44. The van der Waals surface area contributed by atoms with Crippen LogP contribution in [0.5, 0.6) is 0 Å². The van der Waals surface area contributed by atoms with Gasteiger partial charge in [-0.05, 0) is 0 Å². The van der Waals surface area contributed by atoms with Gasteiger partial charge in [-0.1, -0.05) is 0 Å². The average Bonchev–Trinajstić information content (AvgIpc) is 3.04. The second-order valence-corrected chi connectivity index (χ2v) is 12.5. The maximum absolute atomic E-state index is 11.2. The van der Waals surface area contributed by atoms with Crippen molar-refractivity contribution in [2.75, 3.05) is 118 Å². The molecule has 332 valence electrons. The zero-order valence-corrected chi connectivity index (χ0v) is 32.2. The monoisotopic (exact) mass is 852 g/mol. The highest BCUT2D eigenvalue weighted by atomic mass is 16.6. The van der Waals surface area contributed by atoms with Gasteiger partial charge in [0.1, 0.15) is 0 Å². The van der Waals surface area contributed by atoms with Gasteiger partial charge in [0.2, 0.25) is 0 Å². The molecular formula is C32H48N6O21. The van der Waals surface area contributed by atoms with Crippen LogP contribution in [0.1, 0.15) is 13.8 Å². The Balaban J connectivity index is 0.000000982. The molecule has 0 radical (unpaired) electrons. The molecule has 6 N–H and O–H groups in total. The van der Waals surface area contributed by atoms with E-state index in [1.54, 1.807) is 14.7 Å². The number of rotatable bonds is 24. The summed E-state index contributed by atoms with van der Waals surface area (Å²) in [7, 11) is 0. The lowest BCUT2D eigenvalue weighted by Gasteiger charge is -2.30. The molecule has 0 unspecified atom stereocenters. The van der Waals surface area contributed by atoms with Gasteiger partial charge < -0.3 is 44.8 Å². The molecule has 0 aliphatic carbocycles. The molecule has 0 aromatic heterocycles. The van der Waals surface area contributed by atoms with Crippen LogP contribution in [0, 0.1) is 0 Å². The van der Waals surface area contributed by atoms with E-state index < -0.39 is 104 Å². The Morgan fingerprint density at radius 3 is 0.881 bits per heavy atom. The van der Waals surface area contributed by atoms with Gasteiger partial charge in [0.25, 0.3) is 0 Å². The number of hydrogen-bond acceptors (Lipinski definition) is 21. The van der Waals surface area contributed by atoms with Crippen molar-refractivity contribution in [1.29, 1.82) is 0 Å². The molecule has 0 aromatic carbocycles. The fraction of sp³-hybridized carbons (Fsp3) is 0.625. The van der Waals surface area contributed by atoms with Crippen LogP contribution in [-0.2, 0) is 71.7 Å². The standard InChI is InChI=1S/C14H23N3O10.C14H19N3O8.C4H6O3/c18-10(19)5-15(1-3-16(6-11(20)21)7-12(22)23)2-4-17(8-13(24)25)9-14(26)27;18-10(19)5-15(1-3-16-6-11(20)24-12(21)7-16)2-4-17-8-13(22)25-14(23)9-17;1-3(5)7-4(2)6/h1-9H2,(H,18,19)(H,20,21)(H,22,23)(H,24,25)(H,26,27);1-9H2,(H,18,19);1-2H3. The van der Waals surface area contributed by atoms with E-state index >= 15 is 0 Å². The minimum Gasteiger partial charge on any atom is -0.480 e. The number of carboxylic acids is 6. The van der Waals surface area contributed by atoms with Crippen LogP contribution < -0.4 is 0 Å². The first kappa shape index (κ1) is 53.0. The van der Waals surface area contributed by atoms with Crippen molar-refractivity contribution >= 4 is 71.6 Å². The molecular weight excluding hydrogens is 804 g/mol. The topological polar surface area (TPSA) is 373 Å². The van der Waals surface area contributed by atoms with Crippen molar-refractivity contribution < 1.29 is 102 Å². The van der Waals surface area contributed by atoms with Crippen LogP contribution in [0.15, 0.2) is 0 Å². The van der Waals surface area contributed by atoms with Gasteiger partial charge in [0, 0.05) is 66.2 Å². The molecule has 27 heteroatoms. The van der Waals surface area contributed by atoms with Crippen molar-refractivity contribution in [2.24, 2.45) is 0 Å². The highest BCUT2D eigenvalue weighted by Gasteiger charge is 2.27. The predicted molar refractivity (Wildman–Crippen MR) is 189 cm³/mol. The number of aliphatic carboxylic acids is 6. The van der Waals surface area contributed by atoms with E-state index in [0.29, 0.717) is 26.2 Å². The number of esters is 6. The summed E-state index contributed by atoms with van der Waals surface area (Å²) in [5.74, 6) is -10.8. The molecule has 2 saturated heterocycles. The van der Waals surface area contributed by atoms with Crippen molar-refractivity contribution in [2.45, 2.75) is 13.8 Å². The first-order valence-electron chi connectivity index (χ1n) is 17.2. The quantitative estimate of drug-likeness (QED) is 0.0300. The largest absolute Gasteiger partial charge is 0.480 e. The van der Waals surface area contributed by atoms with Crippen LogP contribution in [0.25, 0.3) is 0 Å². The summed E-state index contributed by atoms with van der Waals surface area (Å²) in [6, 6.07) is 0. The van der Waals surface area contributed by atoms with Gasteiger partial charge in [-0.25, -0.2) is 0 Å². The lowest BCUT2D eigenvalue weighted by atomic mass is 10.3. The minimum absolute atomic E-state index is 0.000836. The van der Waals surface area contributed by atoms with E-state index in [1.165, 1.54) is 18.7 Å². The van der Waals surface area contributed by atoms with Gasteiger partial charge in [0.05, 0.1) is 65.4 Å². The lowest BCUT2D eigenvalue weighted by molar-refractivity contribution is -0.168. The smallest absolute Gasteiger partial charge is 0.327 e. The number of morpholine rings is 2. The summed E-state index contributed by atoms with van der Waals surface area (Å²) in [5, 5.41) is 53.1. The Kier molecular flexibility index (Phi) is 25.5. The van der Waals surface area contributed by atoms with Gasteiger partial charge >= 0.3 is 71.6 Å². The molecule has 0 atom stereocenters. The van der Waals surface area contributed by atoms with E-state index in [0.717, 1.165) is 9.80 Å². The summed E-state index contributed by atoms with van der Waals surface area (Å²) >= 11 is 0. The zero-order chi connectivity index (χ0) is 45.2. The van der Waals surface area contributed by atoms with Gasteiger partial charge in [-0.3, -0.25) is 86.9 Å². The Hall–Kier alpha value is -6.00. The molecule has 2 fully saturated rings. The van der Waals surface area contributed by atoms with Crippen LogP contribution in [0.3, 0.4) is 0 Å². The van der Waals surface area contributed by atoms with Gasteiger partial charge in [-0.2, -0.15) is 0 Å². The maximum atomic E-state index is 11.2. The van der Waals surface area contributed by atoms with E-state index in [-0.39, 0.29) is 58.9 Å². The Morgan fingerprint density at radius 1 is 0.441 bits per heavy atom. The number of cyclic esters (lactones) is 4. The van der Waals surface area contributed by atoms with Gasteiger partial charge in [0.15, 0.2) is 0 Å². The summed E-state index contributed by atoms with van der Waals surface area (Å²) in [6.45, 7) is 0.515. The van der Waals surface area contributed by atoms with Crippen molar-refractivity contribution in [1.82, 2.24) is 29.4 Å². The maximum Gasteiger partial charge on any atom is 0.327 e. The van der Waals surface area contributed by atoms with Crippen molar-refractivity contribution in [3.63, 3.8) is 0 Å². The number of ether oxygens (including phenoxy) is 3. The van der Waals surface area contributed by atoms with Crippen LogP contribution in [0.4, 0.5) is 0 Å². The van der Waals surface area contributed by atoms with E-state index in [1.807, 2.05) is 0 Å². The molecule has 0 amide bonds. The summed E-state index contributed by atoms with van der Waals surface area (Å²) in [5.41, 5.74) is 0. The summed E-state index contributed by atoms with van der Waals surface area (Å²) in [4.78, 5) is 138. The Morgan fingerprint density at radius 2 is 0.661 bits per heavy atom. The van der Waals surface area contributed by atoms with Crippen molar-refractivity contribution in [3.8, 4) is 0 Å². The highest BCUT2D eigenvalue weighted by molar-refractivity contribution is 5.90. The SMILES string of the molecule is CC(=O)OC(C)=O.O=C(O)CN(CCN(CC(=O)O)CC(=O)O)CCN(CC(=O)O)CC(=O)O.O=C(O)CN(CCN1CC(=O)OC(=O)C1)CCN1CC(=O)OC(=O)C1. The molecule has 0 spiro atoms. The molecule has 0 bridgehead atoms. The molecule has 2 aliphatic rings. The normalized spacial score (nSPS) is 14.4. The van der Waals surface area contributed by atoms with Crippen LogP contribution in [-0.4, -0.2) is 249 Å². The molecule has 27 nitrogen and oxygen atoms in total. The number of carbonyl (C=O) groups excluding carboxylic acids is 6. The van der Waals surface area contributed by atoms with Gasteiger partial charge in [-0.15, -0.1) is 0 Å². The third-order valence-electron chi connectivity index (χ3n) is 7.24. The fourth-order valence-electron chi connectivity index (χ4n) is 4.99. The number of nitrogens with zero attached hydrogens (tertiary/aromatic N) is 6. The number of carboxylic acid groups (broad SMARTS) is 6. The molecule has 59 heavy (non-hydrogen) atoms. The molecule has 0 aromatic rings. The second kappa shape index (κ2) is 28.4.